The monoisotopic (exact) mass is 320 g/mol. The molecule has 19 heavy (non-hydrogen) atoms. The Bertz CT molecular complexity index is 558. The molecule has 0 saturated carbocycles. The Kier molecular flexibility index (Phi) is 3.92. The molecule has 1 aromatic heterocycles. The van der Waals surface area contributed by atoms with Gasteiger partial charge in [0, 0.05) is 17.9 Å². The van der Waals surface area contributed by atoms with E-state index >= 15 is 0 Å². The van der Waals surface area contributed by atoms with E-state index in [2.05, 4.69) is 36.0 Å². The van der Waals surface area contributed by atoms with Crippen LogP contribution < -0.4 is 4.90 Å². The van der Waals surface area contributed by atoms with Crippen LogP contribution in [-0.4, -0.2) is 33.1 Å². The lowest BCUT2D eigenvalue weighted by molar-refractivity contribution is 0.445. The van der Waals surface area contributed by atoms with Gasteiger partial charge >= 0.3 is 0 Å². The van der Waals surface area contributed by atoms with Gasteiger partial charge in [-0.25, -0.2) is 4.98 Å². The van der Waals surface area contributed by atoms with Crippen molar-refractivity contribution in [2.24, 2.45) is 0 Å². The summed E-state index contributed by atoms with van der Waals surface area (Å²) in [5.41, 5.74) is 1.79. The minimum absolute atomic E-state index is 0.538. The molecule has 5 heteroatoms. The van der Waals surface area contributed by atoms with Gasteiger partial charge in [-0.15, -0.1) is 10.2 Å². The van der Waals surface area contributed by atoms with E-state index in [0.717, 1.165) is 35.3 Å². The SMILES string of the molecule is BrCCC1CCCCN1c1nnc2ccccc2n1. The van der Waals surface area contributed by atoms with Crippen molar-refractivity contribution in [2.75, 3.05) is 16.8 Å². The van der Waals surface area contributed by atoms with Crippen molar-refractivity contribution in [3.05, 3.63) is 24.3 Å². The third kappa shape index (κ3) is 2.71. The Labute approximate surface area is 121 Å². The summed E-state index contributed by atoms with van der Waals surface area (Å²) in [5, 5.41) is 9.62. The summed E-state index contributed by atoms with van der Waals surface area (Å²) in [5.74, 6) is 0.782. The molecule has 0 aliphatic carbocycles. The lowest BCUT2D eigenvalue weighted by Crippen LogP contribution is -2.41. The number of nitrogens with zero attached hydrogens (tertiary/aromatic N) is 4. The van der Waals surface area contributed by atoms with Crippen LogP contribution in [0.1, 0.15) is 25.7 Å². The first-order chi connectivity index (χ1) is 9.38. The number of rotatable bonds is 3. The standard InChI is InChI=1S/C14H17BrN4/c15-9-8-11-5-3-4-10-19(11)14-16-12-6-1-2-7-13(12)17-18-14/h1-2,6-7,11H,3-5,8-10H2. The highest BCUT2D eigenvalue weighted by Crippen LogP contribution is 2.24. The Balaban J connectivity index is 1.92. The minimum atomic E-state index is 0.538. The van der Waals surface area contributed by atoms with Crippen LogP contribution in [0.3, 0.4) is 0 Å². The molecule has 1 aromatic carbocycles. The summed E-state index contributed by atoms with van der Waals surface area (Å²) in [6.45, 7) is 1.04. The molecule has 1 fully saturated rings. The second-order valence-electron chi connectivity index (χ2n) is 4.92. The zero-order chi connectivity index (χ0) is 13.1. The zero-order valence-corrected chi connectivity index (χ0v) is 12.4. The van der Waals surface area contributed by atoms with Crippen molar-refractivity contribution < 1.29 is 0 Å². The second-order valence-corrected chi connectivity index (χ2v) is 5.71. The number of benzene rings is 1. The number of fused-ring (bicyclic) bond motifs is 1. The number of hydrogen-bond acceptors (Lipinski definition) is 4. The number of anilines is 1. The average molecular weight is 321 g/mol. The van der Waals surface area contributed by atoms with E-state index in [1.54, 1.807) is 0 Å². The highest BCUT2D eigenvalue weighted by Gasteiger charge is 2.24. The molecule has 0 bridgehead atoms. The Morgan fingerprint density at radius 1 is 1.16 bits per heavy atom. The molecule has 1 atom stereocenters. The van der Waals surface area contributed by atoms with Crippen LogP contribution in [0.25, 0.3) is 11.0 Å². The van der Waals surface area contributed by atoms with E-state index in [1.807, 2.05) is 24.3 Å². The van der Waals surface area contributed by atoms with E-state index in [1.165, 1.54) is 19.3 Å². The van der Waals surface area contributed by atoms with Crippen molar-refractivity contribution in [2.45, 2.75) is 31.7 Å². The fourth-order valence-corrected chi connectivity index (χ4v) is 3.21. The maximum absolute atomic E-state index is 4.67. The molecule has 2 aromatic rings. The molecule has 0 amide bonds. The summed E-state index contributed by atoms with van der Waals surface area (Å²) in [6.07, 6.45) is 4.88. The smallest absolute Gasteiger partial charge is 0.246 e. The molecule has 4 nitrogen and oxygen atoms in total. The van der Waals surface area contributed by atoms with E-state index in [9.17, 15) is 0 Å². The molecule has 3 rings (SSSR count). The van der Waals surface area contributed by atoms with Crippen molar-refractivity contribution in [3.8, 4) is 0 Å². The first-order valence-electron chi connectivity index (χ1n) is 6.80. The van der Waals surface area contributed by atoms with E-state index in [4.69, 9.17) is 0 Å². The molecular formula is C14H17BrN4. The van der Waals surface area contributed by atoms with Crippen molar-refractivity contribution in [1.82, 2.24) is 15.2 Å². The van der Waals surface area contributed by atoms with Crippen LogP contribution in [0.4, 0.5) is 5.95 Å². The molecule has 1 unspecified atom stereocenters. The van der Waals surface area contributed by atoms with Gasteiger partial charge in [-0.05, 0) is 37.8 Å². The molecule has 0 N–H and O–H groups in total. The summed E-state index contributed by atoms with van der Waals surface area (Å²) in [6, 6.07) is 8.44. The van der Waals surface area contributed by atoms with Crippen LogP contribution in [0.15, 0.2) is 24.3 Å². The number of alkyl halides is 1. The van der Waals surface area contributed by atoms with Crippen molar-refractivity contribution in [1.29, 1.82) is 0 Å². The van der Waals surface area contributed by atoms with Gasteiger partial charge < -0.3 is 4.90 Å². The highest BCUT2D eigenvalue weighted by atomic mass is 79.9. The third-order valence-electron chi connectivity index (χ3n) is 3.68. The number of aromatic nitrogens is 3. The molecule has 0 spiro atoms. The van der Waals surface area contributed by atoms with Crippen molar-refractivity contribution >= 4 is 32.9 Å². The summed E-state index contributed by atoms with van der Waals surface area (Å²) in [4.78, 5) is 6.99. The van der Waals surface area contributed by atoms with Crippen LogP contribution in [0.5, 0.6) is 0 Å². The largest absolute Gasteiger partial charge is 0.336 e. The van der Waals surface area contributed by atoms with E-state index in [0.29, 0.717) is 6.04 Å². The van der Waals surface area contributed by atoms with Gasteiger partial charge in [0.2, 0.25) is 5.95 Å². The Morgan fingerprint density at radius 2 is 2.00 bits per heavy atom. The van der Waals surface area contributed by atoms with Gasteiger partial charge in [0.1, 0.15) is 5.52 Å². The molecule has 0 radical (unpaired) electrons. The van der Waals surface area contributed by atoms with Gasteiger partial charge in [-0.3, -0.25) is 0 Å². The average Bonchev–Trinajstić information content (AvgIpc) is 2.48. The van der Waals surface area contributed by atoms with Crippen molar-refractivity contribution in [3.63, 3.8) is 0 Å². The normalized spacial score (nSPS) is 19.8. The zero-order valence-electron chi connectivity index (χ0n) is 10.8. The predicted molar refractivity (Wildman–Crippen MR) is 80.7 cm³/mol. The predicted octanol–water partition coefficient (Wildman–Crippen LogP) is 3.17. The van der Waals surface area contributed by atoms with E-state index in [-0.39, 0.29) is 0 Å². The molecule has 1 aliphatic heterocycles. The Morgan fingerprint density at radius 3 is 2.84 bits per heavy atom. The summed E-state index contributed by atoms with van der Waals surface area (Å²) in [7, 11) is 0. The van der Waals surface area contributed by atoms with Crippen LogP contribution in [-0.2, 0) is 0 Å². The van der Waals surface area contributed by atoms with Gasteiger partial charge in [-0.1, -0.05) is 28.1 Å². The molecule has 1 aliphatic rings. The summed E-state index contributed by atoms with van der Waals surface area (Å²) >= 11 is 3.54. The van der Waals surface area contributed by atoms with Crippen LogP contribution in [0, 0.1) is 0 Å². The second kappa shape index (κ2) is 5.82. The number of hydrogen-bond donors (Lipinski definition) is 0. The fourth-order valence-electron chi connectivity index (χ4n) is 2.68. The maximum atomic E-state index is 4.67. The van der Waals surface area contributed by atoms with Gasteiger partial charge in [0.25, 0.3) is 0 Å². The number of halogens is 1. The number of piperidine rings is 1. The number of para-hydroxylation sites is 1. The molecule has 100 valence electrons. The lowest BCUT2D eigenvalue weighted by atomic mass is 10.0. The fraction of sp³-hybridized carbons (Fsp3) is 0.500. The van der Waals surface area contributed by atoms with Gasteiger partial charge in [0.15, 0.2) is 0 Å². The third-order valence-corrected chi connectivity index (χ3v) is 4.13. The van der Waals surface area contributed by atoms with E-state index < -0.39 is 0 Å². The quantitative estimate of drug-likeness (QED) is 0.815. The van der Waals surface area contributed by atoms with Gasteiger partial charge in [-0.2, -0.15) is 0 Å². The topological polar surface area (TPSA) is 41.9 Å². The van der Waals surface area contributed by atoms with Crippen LogP contribution >= 0.6 is 15.9 Å². The first kappa shape index (κ1) is 12.8. The Hall–Kier alpha value is -1.23. The summed E-state index contributed by atoms with van der Waals surface area (Å²) < 4.78 is 0. The molecule has 2 heterocycles. The molecule has 1 saturated heterocycles. The maximum Gasteiger partial charge on any atom is 0.246 e. The molecular weight excluding hydrogens is 304 g/mol. The lowest BCUT2D eigenvalue weighted by Gasteiger charge is -2.35. The van der Waals surface area contributed by atoms with Gasteiger partial charge in [0.05, 0.1) is 5.52 Å². The highest BCUT2D eigenvalue weighted by molar-refractivity contribution is 9.09. The first-order valence-corrected chi connectivity index (χ1v) is 7.93. The van der Waals surface area contributed by atoms with Crippen LogP contribution in [0.2, 0.25) is 0 Å². The minimum Gasteiger partial charge on any atom is -0.336 e.